The third kappa shape index (κ3) is 5.60. The number of rotatable bonds is 7. The van der Waals surface area contributed by atoms with E-state index in [9.17, 15) is 17.6 Å². The fourth-order valence-corrected chi connectivity index (χ4v) is 5.09. The highest BCUT2D eigenvalue weighted by molar-refractivity contribution is 5.84. The monoisotopic (exact) mass is 476 g/mol. The van der Waals surface area contributed by atoms with E-state index in [1.165, 1.54) is 24.5 Å². The second kappa shape index (κ2) is 10.4. The SMILES string of the molecule is COCCC1CCC(c2ccc3c(F)c(CCc4ccc(C(F)(F)F)c(F)c4)ccc3c2)CC1. The summed E-state index contributed by atoms with van der Waals surface area (Å²) in [5.41, 5.74) is 0.832. The van der Waals surface area contributed by atoms with Gasteiger partial charge in [-0.15, -0.1) is 0 Å². The first-order valence-corrected chi connectivity index (χ1v) is 11.8. The summed E-state index contributed by atoms with van der Waals surface area (Å²) in [7, 11) is 1.74. The van der Waals surface area contributed by atoms with E-state index in [-0.39, 0.29) is 18.7 Å². The summed E-state index contributed by atoms with van der Waals surface area (Å²) in [6.07, 6.45) is 1.53. The third-order valence-electron chi connectivity index (χ3n) is 7.13. The molecule has 4 rings (SSSR count). The predicted molar refractivity (Wildman–Crippen MR) is 124 cm³/mol. The van der Waals surface area contributed by atoms with Crippen LogP contribution >= 0.6 is 0 Å². The van der Waals surface area contributed by atoms with Crippen molar-refractivity contribution in [2.24, 2.45) is 5.92 Å². The number of aryl methyl sites for hydroxylation is 2. The summed E-state index contributed by atoms with van der Waals surface area (Å²) in [5.74, 6) is -0.417. The lowest BCUT2D eigenvalue weighted by molar-refractivity contribution is -0.140. The van der Waals surface area contributed by atoms with Crippen LogP contribution in [0.5, 0.6) is 0 Å². The van der Waals surface area contributed by atoms with E-state index < -0.39 is 17.6 Å². The molecule has 3 aromatic rings. The van der Waals surface area contributed by atoms with Gasteiger partial charge in [0.2, 0.25) is 0 Å². The Morgan fingerprint density at radius 2 is 1.65 bits per heavy atom. The van der Waals surface area contributed by atoms with Crippen LogP contribution in [0.3, 0.4) is 0 Å². The average Bonchev–Trinajstić information content (AvgIpc) is 2.81. The fraction of sp³-hybridized carbons (Fsp3) is 0.429. The first-order chi connectivity index (χ1) is 16.3. The molecular weight excluding hydrogens is 447 g/mol. The Labute approximate surface area is 196 Å². The number of hydrogen-bond donors (Lipinski definition) is 0. The van der Waals surface area contributed by atoms with Crippen LogP contribution in [-0.4, -0.2) is 13.7 Å². The number of halogens is 5. The van der Waals surface area contributed by atoms with Crippen molar-refractivity contribution >= 4 is 10.8 Å². The van der Waals surface area contributed by atoms with Crippen LogP contribution < -0.4 is 0 Å². The van der Waals surface area contributed by atoms with Crippen LogP contribution in [-0.2, 0) is 23.8 Å². The van der Waals surface area contributed by atoms with Crippen molar-refractivity contribution < 1.29 is 26.7 Å². The first-order valence-electron chi connectivity index (χ1n) is 11.8. The number of hydrogen-bond acceptors (Lipinski definition) is 1. The molecule has 3 aromatic carbocycles. The molecule has 6 heteroatoms. The summed E-state index contributed by atoms with van der Waals surface area (Å²) < 4.78 is 72.4. The van der Waals surface area contributed by atoms with E-state index >= 15 is 4.39 Å². The van der Waals surface area contributed by atoms with Gasteiger partial charge < -0.3 is 4.74 Å². The number of benzene rings is 3. The van der Waals surface area contributed by atoms with Crippen molar-refractivity contribution in [1.29, 1.82) is 0 Å². The van der Waals surface area contributed by atoms with Gasteiger partial charge in [0.25, 0.3) is 0 Å². The van der Waals surface area contributed by atoms with E-state index in [1.807, 2.05) is 18.2 Å². The van der Waals surface area contributed by atoms with Crippen LogP contribution in [0.2, 0.25) is 0 Å². The van der Waals surface area contributed by atoms with Gasteiger partial charge in [-0.3, -0.25) is 0 Å². The Morgan fingerprint density at radius 3 is 2.32 bits per heavy atom. The highest BCUT2D eigenvalue weighted by atomic mass is 19.4. The number of alkyl halides is 3. The van der Waals surface area contributed by atoms with Gasteiger partial charge >= 0.3 is 6.18 Å². The Kier molecular flexibility index (Phi) is 7.56. The molecule has 0 atom stereocenters. The Morgan fingerprint density at radius 1 is 0.882 bits per heavy atom. The molecule has 0 spiro atoms. The Bertz CT molecular complexity index is 1130. The first kappa shape index (κ1) is 24.6. The molecule has 0 N–H and O–H groups in total. The van der Waals surface area contributed by atoms with E-state index in [1.54, 1.807) is 13.2 Å². The maximum atomic E-state index is 15.2. The zero-order valence-electron chi connectivity index (χ0n) is 19.2. The van der Waals surface area contributed by atoms with E-state index in [0.29, 0.717) is 22.4 Å². The second-order valence-corrected chi connectivity index (χ2v) is 9.33. The summed E-state index contributed by atoms with van der Waals surface area (Å²) in [4.78, 5) is 0. The van der Waals surface area contributed by atoms with Crippen molar-refractivity contribution in [3.63, 3.8) is 0 Å². The number of fused-ring (bicyclic) bond motifs is 1. The number of methoxy groups -OCH3 is 1. The Balaban J connectivity index is 1.44. The molecule has 1 saturated carbocycles. The molecule has 0 heterocycles. The molecule has 1 fully saturated rings. The van der Waals surface area contributed by atoms with E-state index in [4.69, 9.17) is 4.74 Å². The van der Waals surface area contributed by atoms with Gasteiger partial charge in [0.05, 0.1) is 5.56 Å². The van der Waals surface area contributed by atoms with Crippen molar-refractivity contribution in [2.75, 3.05) is 13.7 Å². The molecule has 0 aliphatic heterocycles. The highest BCUT2D eigenvalue weighted by Crippen LogP contribution is 2.38. The molecule has 1 aliphatic carbocycles. The van der Waals surface area contributed by atoms with Crippen molar-refractivity contribution in [3.8, 4) is 0 Å². The van der Waals surface area contributed by atoms with Crippen LogP contribution in [0.4, 0.5) is 22.0 Å². The molecule has 1 aliphatic rings. The molecule has 0 radical (unpaired) electrons. The molecule has 0 saturated heterocycles. The zero-order valence-corrected chi connectivity index (χ0v) is 19.2. The van der Waals surface area contributed by atoms with E-state index in [2.05, 4.69) is 6.07 Å². The van der Waals surface area contributed by atoms with Crippen molar-refractivity contribution in [2.45, 2.75) is 57.0 Å². The number of ether oxygens (including phenoxy) is 1. The molecule has 0 unspecified atom stereocenters. The third-order valence-corrected chi connectivity index (χ3v) is 7.13. The minimum atomic E-state index is -4.73. The normalized spacial score (nSPS) is 19.0. The molecule has 0 aromatic heterocycles. The van der Waals surface area contributed by atoms with Crippen LogP contribution in [0.1, 0.15) is 60.3 Å². The van der Waals surface area contributed by atoms with Crippen molar-refractivity contribution in [1.82, 2.24) is 0 Å². The largest absolute Gasteiger partial charge is 0.419 e. The smallest absolute Gasteiger partial charge is 0.385 e. The lowest BCUT2D eigenvalue weighted by atomic mass is 9.77. The Hall–Kier alpha value is -2.47. The maximum absolute atomic E-state index is 15.2. The predicted octanol–water partition coefficient (Wildman–Crippen LogP) is 8.23. The molecule has 182 valence electrons. The van der Waals surface area contributed by atoms with Gasteiger partial charge in [-0.25, -0.2) is 8.78 Å². The van der Waals surface area contributed by atoms with Crippen LogP contribution in [0.15, 0.2) is 48.5 Å². The summed E-state index contributed by atoms with van der Waals surface area (Å²) in [6, 6.07) is 12.4. The summed E-state index contributed by atoms with van der Waals surface area (Å²) >= 11 is 0. The molecule has 1 nitrogen and oxygen atoms in total. The average molecular weight is 477 g/mol. The van der Waals surface area contributed by atoms with Crippen molar-refractivity contribution in [3.05, 3.63) is 82.4 Å². The second-order valence-electron chi connectivity index (χ2n) is 9.33. The van der Waals surface area contributed by atoms with Crippen LogP contribution in [0.25, 0.3) is 10.8 Å². The van der Waals surface area contributed by atoms with Gasteiger partial charge in [0.1, 0.15) is 11.6 Å². The van der Waals surface area contributed by atoms with Gasteiger partial charge in [0.15, 0.2) is 0 Å². The quantitative estimate of drug-likeness (QED) is 0.312. The van der Waals surface area contributed by atoms with Crippen LogP contribution in [0, 0.1) is 17.6 Å². The van der Waals surface area contributed by atoms with Gasteiger partial charge in [-0.2, -0.15) is 13.2 Å². The molecular formula is C28H29F5O. The zero-order chi connectivity index (χ0) is 24.3. The standard InChI is InChI=1S/C28H29F5O/c1-34-15-14-18-2-6-20(7-3-18)22-11-12-24-23(17-22)10-9-21(27(24)30)8-4-19-5-13-25(26(29)16-19)28(31,32)33/h5,9-13,16-18,20H,2-4,6-8,14-15H2,1H3. The topological polar surface area (TPSA) is 9.23 Å². The van der Waals surface area contributed by atoms with Gasteiger partial charge in [-0.05, 0) is 91.0 Å². The summed E-state index contributed by atoms with van der Waals surface area (Å²) in [6.45, 7) is 0.806. The fourth-order valence-electron chi connectivity index (χ4n) is 5.09. The van der Waals surface area contributed by atoms with Gasteiger partial charge in [-0.1, -0.05) is 36.4 Å². The maximum Gasteiger partial charge on any atom is 0.419 e. The lowest BCUT2D eigenvalue weighted by Gasteiger charge is -2.29. The molecule has 34 heavy (non-hydrogen) atoms. The minimum absolute atomic E-state index is 0.252. The van der Waals surface area contributed by atoms with Gasteiger partial charge in [0, 0.05) is 19.1 Å². The highest BCUT2D eigenvalue weighted by Gasteiger charge is 2.33. The molecule has 0 amide bonds. The molecule has 0 bridgehead atoms. The van der Waals surface area contributed by atoms with E-state index in [0.717, 1.165) is 49.3 Å². The summed E-state index contributed by atoms with van der Waals surface area (Å²) in [5, 5.41) is 1.38. The minimum Gasteiger partial charge on any atom is -0.385 e. The lowest BCUT2D eigenvalue weighted by Crippen LogP contribution is -2.14.